The molecule has 3 aromatic carbocycles. The maximum atomic E-state index is 14.1. The number of carbonyl (C=O) groups is 2. The quantitative estimate of drug-likeness (QED) is 0.256. The van der Waals surface area contributed by atoms with Gasteiger partial charge in [0.15, 0.2) is 5.76 Å². The highest BCUT2D eigenvalue weighted by Gasteiger charge is 2.25. The lowest BCUT2D eigenvalue weighted by Gasteiger charge is -2.06. The first kappa shape index (κ1) is 23.0. The molecule has 0 fully saturated rings. The van der Waals surface area contributed by atoms with Crippen molar-refractivity contribution in [3.63, 3.8) is 0 Å². The van der Waals surface area contributed by atoms with Gasteiger partial charge >= 0.3 is 0 Å². The number of aromatic hydroxyl groups is 1. The number of amides is 1. The molecule has 0 aliphatic rings. The number of aromatic nitrogens is 2. The van der Waals surface area contributed by atoms with Crippen LogP contribution < -0.4 is 5.32 Å². The van der Waals surface area contributed by atoms with Crippen LogP contribution in [0.3, 0.4) is 0 Å². The predicted octanol–water partition coefficient (Wildman–Crippen LogP) is 6.02. The lowest BCUT2D eigenvalue weighted by Crippen LogP contribution is -2.15. The van der Waals surface area contributed by atoms with Gasteiger partial charge in [-0.15, -0.1) is 0 Å². The number of aryl methyl sites for hydroxylation is 2. The number of ketones is 1. The van der Waals surface area contributed by atoms with Crippen LogP contribution in [0.15, 0.2) is 71.1 Å². The average Bonchev–Trinajstić information content (AvgIpc) is 3.51. The largest absolute Gasteiger partial charge is 0.507 e. The van der Waals surface area contributed by atoms with Crippen molar-refractivity contribution in [3.8, 4) is 17.0 Å². The molecule has 5 rings (SSSR count). The summed E-state index contributed by atoms with van der Waals surface area (Å²) in [5.41, 5.74) is 3.11. The monoisotopic (exact) mass is 483 g/mol. The van der Waals surface area contributed by atoms with E-state index >= 15 is 0 Å². The molecule has 8 heteroatoms. The number of fused-ring (bicyclic) bond motifs is 1. The van der Waals surface area contributed by atoms with Crippen LogP contribution in [0.2, 0.25) is 0 Å². The van der Waals surface area contributed by atoms with E-state index in [9.17, 15) is 19.1 Å². The van der Waals surface area contributed by atoms with Gasteiger partial charge in [-0.2, -0.15) is 5.10 Å². The predicted molar refractivity (Wildman–Crippen MR) is 134 cm³/mol. The van der Waals surface area contributed by atoms with E-state index in [-0.39, 0.29) is 28.5 Å². The van der Waals surface area contributed by atoms with Gasteiger partial charge in [0.05, 0.1) is 11.4 Å². The maximum absolute atomic E-state index is 14.1. The van der Waals surface area contributed by atoms with Gasteiger partial charge in [-0.05, 0) is 60.9 Å². The van der Waals surface area contributed by atoms with Gasteiger partial charge in [0, 0.05) is 16.5 Å². The molecule has 36 heavy (non-hydrogen) atoms. The molecular formula is C28H22FN3O4. The zero-order chi connectivity index (χ0) is 25.4. The molecule has 0 saturated heterocycles. The summed E-state index contributed by atoms with van der Waals surface area (Å²) >= 11 is 0. The molecule has 3 N–H and O–H groups in total. The van der Waals surface area contributed by atoms with E-state index in [4.69, 9.17) is 4.42 Å². The molecule has 7 nitrogen and oxygen atoms in total. The van der Waals surface area contributed by atoms with Crippen LogP contribution in [0.25, 0.3) is 22.2 Å². The minimum atomic E-state index is -0.563. The van der Waals surface area contributed by atoms with Crippen LogP contribution >= 0.6 is 0 Å². The molecule has 180 valence electrons. The Morgan fingerprint density at radius 3 is 2.67 bits per heavy atom. The topological polar surface area (TPSA) is 108 Å². The molecule has 0 atom stereocenters. The molecular weight excluding hydrogens is 461 g/mol. The van der Waals surface area contributed by atoms with E-state index in [1.54, 1.807) is 37.3 Å². The minimum absolute atomic E-state index is 0.0460. The Morgan fingerprint density at radius 1 is 1.08 bits per heavy atom. The van der Waals surface area contributed by atoms with Gasteiger partial charge < -0.3 is 14.8 Å². The summed E-state index contributed by atoms with van der Waals surface area (Å²) in [6.45, 7) is 3.60. The Morgan fingerprint density at radius 2 is 1.89 bits per heavy atom. The number of nitrogens with zero attached hydrogens (tertiary/aromatic N) is 1. The van der Waals surface area contributed by atoms with Crippen molar-refractivity contribution >= 4 is 28.3 Å². The first-order chi connectivity index (χ1) is 17.4. The smallest absolute Gasteiger partial charge is 0.273 e. The third-order valence-corrected chi connectivity index (χ3v) is 6.04. The number of phenols is 1. The van der Waals surface area contributed by atoms with E-state index in [1.165, 1.54) is 18.2 Å². The van der Waals surface area contributed by atoms with Crippen LogP contribution in [0.5, 0.6) is 5.75 Å². The van der Waals surface area contributed by atoms with E-state index in [2.05, 4.69) is 15.5 Å². The van der Waals surface area contributed by atoms with Gasteiger partial charge in [0.25, 0.3) is 5.91 Å². The Kier molecular flexibility index (Phi) is 5.85. The number of phenolic OH excluding ortho intramolecular Hbond substituents is 1. The van der Waals surface area contributed by atoms with E-state index in [0.29, 0.717) is 27.8 Å². The molecule has 0 unspecified atom stereocenters. The van der Waals surface area contributed by atoms with Crippen LogP contribution in [-0.2, 0) is 6.42 Å². The number of anilines is 1. The van der Waals surface area contributed by atoms with Gasteiger partial charge in [0.2, 0.25) is 5.78 Å². The average molecular weight is 483 g/mol. The second-order valence-electron chi connectivity index (χ2n) is 8.42. The zero-order valence-corrected chi connectivity index (χ0v) is 19.6. The van der Waals surface area contributed by atoms with Crippen LogP contribution in [0.4, 0.5) is 10.1 Å². The molecule has 2 aromatic heterocycles. The number of para-hydroxylation sites is 1. The number of H-pyrrole nitrogens is 1. The molecule has 0 saturated carbocycles. The number of nitrogens with one attached hydrogen (secondary N) is 2. The van der Waals surface area contributed by atoms with Gasteiger partial charge in [-0.1, -0.05) is 37.3 Å². The van der Waals surface area contributed by atoms with Gasteiger partial charge in [-0.3, -0.25) is 14.7 Å². The minimum Gasteiger partial charge on any atom is -0.507 e. The van der Waals surface area contributed by atoms with Gasteiger partial charge in [-0.25, -0.2) is 4.39 Å². The molecule has 0 spiro atoms. The number of benzene rings is 3. The molecule has 5 aromatic rings. The third-order valence-electron chi connectivity index (χ3n) is 6.04. The highest BCUT2D eigenvalue weighted by atomic mass is 19.1. The zero-order valence-electron chi connectivity index (χ0n) is 19.6. The molecule has 2 heterocycles. The number of rotatable bonds is 6. The molecule has 0 bridgehead atoms. The summed E-state index contributed by atoms with van der Waals surface area (Å²) in [6, 6.07) is 17.8. The fourth-order valence-electron chi connectivity index (χ4n) is 3.96. The van der Waals surface area contributed by atoms with E-state index < -0.39 is 17.5 Å². The highest BCUT2D eigenvalue weighted by molar-refractivity contribution is 6.18. The van der Waals surface area contributed by atoms with Crippen molar-refractivity contribution in [3.05, 3.63) is 101 Å². The van der Waals surface area contributed by atoms with Crippen molar-refractivity contribution in [2.75, 3.05) is 5.32 Å². The van der Waals surface area contributed by atoms with E-state index in [1.807, 2.05) is 19.1 Å². The molecule has 0 aliphatic carbocycles. The van der Waals surface area contributed by atoms with Crippen LogP contribution in [-0.4, -0.2) is 27.0 Å². The van der Waals surface area contributed by atoms with Crippen molar-refractivity contribution < 1.29 is 23.5 Å². The van der Waals surface area contributed by atoms with Crippen molar-refractivity contribution in [1.29, 1.82) is 0 Å². The Balaban J connectivity index is 1.50. The fourth-order valence-corrected chi connectivity index (χ4v) is 3.96. The summed E-state index contributed by atoms with van der Waals surface area (Å²) in [5, 5.41) is 20.4. The summed E-state index contributed by atoms with van der Waals surface area (Å²) in [4.78, 5) is 26.4. The summed E-state index contributed by atoms with van der Waals surface area (Å²) in [7, 11) is 0. The second-order valence-corrected chi connectivity index (χ2v) is 8.42. The summed E-state index contributed by atoms with van der Waals surface area (Å²) in [5.74, 6) is -1.70. The molecule has 1 amide bonds. The number of furan rings is 1. The van der Waals surface area contributed by atoms with Crippen LogP contribution in [0, 0.1) is 12.7 Å². The number of aromatic amines is 1. The maximum Gasteiger partial charge on any atom is 0.273 e. The van der Waals surface area contributed by atoms with Gasteiger partial charge in [0.1, 0.15) is 22.8 Å². The lowest BCUT2D eigenvalue weighted by molar-refractivity contribution is 0.101. The molecule has 0 aliphatic heterocycles. The first-order valence-electron chi connectivity index (χ1n) is 11.4. The van der Waals surface area contributed by atoms with E-state index in [0.717, 1.165) is 18.1 Å². The van der Waals surface area contributed by atoms with Crippen molar-refractivity contribution in [1.82, 2.24) is 10.2 Å². The molecule has 0 radical (unpaired) electrons. The van der Waals surface area contributed by atoms with Crippen molar-refractivity contribution in [2.45, 2.75) is 20.3 Å². The second kappa shape index (κ2) is 9.14. The number of hydrogen-bond acceptors (Lipinski definition) is 5. The number of carbonyl (C=O) groups excluding carboxylic acids is 2. The Bertz CT molecular complexity index is 1630. The SMILES string of the molecule is CCc1ccc(O)c(-c2cc(C(=O)Nc3c(C(=O)c4ccc(C)c(F)c4)oc4ccccc34)[nH]n2)c1. The normalized spacial score (nSPS) is 11.1. The number of hydrogen-bond donors (Lipinski definition) is 3. The van der Waals surface area contributed by atoms with Crippen LogP contribution in [0.1, 0.15) is 44.7 Å². The van der Waals surface area contributed by atoms with Crippen molar-refractivity contribution in [2.24, 2.45) is 0 Å². The standard InChI is InChI=1S/C28H22FN3O4/c1-3-16-9-11-23(33)19(12-16)21-14-22(32-31-21)28(35)30-25-18-6-4-5-7-24(18)36-27(25)26(34)17-10-8-15(2)20(29)13-17/h4-14,33H,3H2,1-2H3,(H,30,35)(H,31,32). The fraction of sp³-hybridized carbons (Fsp3) is 0.107. The summed E-state index contributed by atoms with van der Waals surface area (Å²) < 4.78 is 19.9. The Labute approximate surface area is 205 Å². The Hall–Kier alpha value is -4.72. The number of halogens is 1. The highest BCUT2D eigenvalue weighted by Crippen LogP contribution is 2.34. The summed E-state index contributed by atoms with van der Waals surface area (Å²) in [6.07, 6.45) is 0.778. The first-order valence-corrected chi connectivity index (χ1v) is 11.4. The lowest BCUT2D eigenvalue weighted by atomic mass is 10.0. The third kappa shape index (κ3) is 4.13.